The lowest BCUT2D eigenvalue weighted by atomic mass is 10.0. The van der Waals surface area contributed by atoms with Crippen molar-refractivity contribution in [2.24, 2.45) is 0 Å². The quantitative estimate of drug-likeness (QED) is 0.669. The topological polar surface area (TPSA) is 78.9 Å². The van der Waals surface area contributed by atoms with Crippen molar-refractivity contribution in [3.8, 4) is 0 Å². The first-order valence-corrected chi connectivity index (χ1v) is 5.93. The van der Waals surface area contributed by atoms with Gasteiger partial charge in [-0.1, -0.05) is 0 Å². The Bertz CT molecular complexity index is 333. The highest BCUT2D eigenvalue weighted by Gasteiger charge is 2.28. The number of carboxylic acid groups (broad SMARTS) is 1. The van der Waals surface area contributed by atoms with E-state index in [-0.39, 0.29) is 5.54 Å². The van der Waals surface area contributed by atoms with Gasteiger partial charge in [0.25, 0.3) is 0 Å². The summed E-state index contributed by atoms with van der Waals surface area (Å²) in [6, 6.07) is 0. The molecule has 0 aromatic rings. The summed E-state index contributed by atoms with van der Waals surface area (Å²) in [5.74, 6) is -1.52. The van der Waals surface area contributed by atoms with Crippen LogP contribution in [-0.4, -0.2) is 60.3 Å². The van der Waals surface area contributed by atoms with E-state index in [1.165, 1.54) is 0 Å². The lowest BCUT2D eigenvalue weighted by Gasteiger charge is -2.40. The highest BCUT2D eigenvalue weighted by molar-refractivity contribution is 5.93. The Labute approximate surface area is 107 Å². The molecule has 6 nitrogen and oxygen atoms in total. The molecule has 1 aliphatic heterocycles. The highest BCUT2D eigenvalue weighted by atomic mass is 16.5. The number of amides is 1. The third kappa shape index (κ3) is 4.85. The van der Waals surface area contributed by atoms with Crippen LogP contribution >= 0.6 is 0 Å². The smallest absolute Gasteiger partial charge is 0.328 e. The van der Waals surface area contributed by atoms with Crippen molar-refractivity contribution < 1.29 is 19.4 Å². The fraction of sp³-hybridized carbons (Fsp3) is 0.667. The Morgan fingerprint density at radius 2 is 1.94 bits per heavy atom. The monoisotopic (exact) mass is 256 g/mol. The van der Waals surface area contributed by atoms with Crippen LogP contribution in [0.3, 0.4) is 0 Å². The Balaban J connectivity index is 2.40. The second-order valence-electron chi connectivity index (χ2n) is 4.80. The number of carbonyl (C=O) groups excluding carboxylic acids is 1. The summed E-state index contributed by atoms with van der Waals surface area (Å²) in [5.41, 5.74) is -0.170. The summed E-state index contributed by atoms with van der Waals surface area (Å²) in [6.07, 6.45) is 1.86. The number of hydrogen-bond acceptors (Lipinski definition) is 4. The van der Waals surface area contributed by atoms with Gasteiger partial charge >= 0.3 is 5.97 Å². The number of nitrogens with zero attached hydrogens (tertiary/aromatic N) is 1. The van der Waals surface area contributed by atoms with Crippen molar-refractivity contribution in [3.63, 3.8) is 0 Å². The van der Waals surface area contributed by atoms with Crippen LogP contribution in [0.5, 0.6) is 0 Å². The van der Waals surface area contributed by atoms with Crippen LogP contribution in [-0.2, 0) is 14.3 Å². The van der Waals surface area contributed by atoms with Crippen molar-refractivity contribution in [2.75, 3.05) is 32.8 Å². The molecule has 1 saturated heterocycles. The van der Waals surface area contributed by atoms with Gasteiger partial charge in [0.2, 0.25) is 5.91 Å². The zero-order valence-corrected chi connectivity index (χ0v) is 10.8. The molecule has 0 saturated carbocycles. The van der Waals surface area contributed by atoms with Gasteiger partial charge in [-0.25, -0.2) is 4.79 Å². The van der Waals surface area contributed by atoms with Crippen LogP contribution in [0.1, 0.15) is 13.8 Å². The van der Waals surface area contributed by atoms with Gasteiger partial charge in [0.15, 0.2) is 0 Å². The van der Waals surface area contributed by atoms with Crippen molar-refractivity contribution in [1.29, 1.82) is 0 Å². The number of morpholine rings is 1. The zero-order valence-electron chi connectivity index (χ0n) is 10.8. The molecule has 0 bridgehead atoms. The van der Waals surface area contributed by atoms with Crippen molar-refractivity contribution in [3.05, 3.63) is 12.2 Å². The predicted octanol–water partition coefficient (Wildman–Crippen LogP) is -0.146. The number of rotatable bonds is 5. The first-order chi connectivity index (χ1) is 8.42. The van der Waals surface area contributed by atoms with Gasteiger partial charge in [-0.15, -0.1) is 0 Å². The minimum Gasteiger partial charge on any atom is -0.478 e. The summed E-state index contributed by atoms with van der Waals surface area (Å²) in [6.45, 7) is 7.64. The minimum absolute atomic E-state index is 0.170. The molecule has 6 heteroatoms. The average molecular weight is 256 g/mol. The zero-order chi connectivity index (χ0) is 13.6. The average Bonchev–Trinajstić information content (AvgIpc) is 2.35. The third-order valence-corrected chi connectivity index (χ3v) is 2.94. The molecule has 0 spiro atoms. The Kier molecular flexibility index (Phi) is 5.30. The standard InChI is InChI=1S/C12H20N2O4/c1-12(2,14-5-7-18-8-6-14)9-13-10(15)3-4-11(16)17/h3-4H,5-9H2,1-2H3,(H,13,15)(H,16,17)/b4-3+. The molecule has 0 aromatic heterocycles. The minimum atomic E-state index is -1.13. The third-order valence-electron chi connectivity index (χ3n) is 2.94. The van der Waals surface area contributed by atoms with E-state index in [0.29, 0.717) is 19.8 Å². The van der Waals surface area contributed by atoms with Crippen LogP contribution < -0.4 is 5.32 Å². The van der Waals surface area contributed by atoms with Crippen molar-refractivity contribution >= 4 is 11.9 Å². The normalized spacial score (nSPS) is 17.9. The number of carboxylic acids is 1. The van der Waals surface area contributed by atoms with Crippen LogP contribution in [0.2, 0.25) is 0 Å². The molecule has 2 N–H and O–H groups in total. The number of nitrogens with one attached hydrogen (secondary N) is 1. The molecule has 0 aliphatic carbocycles. The van der Waals surface area contributed by atoms with Crippen LogP contribution in [0, 0.1) is 0 Å². The summed E-state index contributed by atoms with van der Waals surface area (Å²) in [7, 11) is 0. The van der Waals surface area contributed by atoms with E-state index in [2.05, 4.69) is 10.2 Å². The fourth-order valence-electron chi connectivity index (χ4n) is 1.79. The molecule has 0 unspecified atom stereocenters. The lowest BCUT2D eigenvalue weighted by Crippen LogP contribution is -2.55. The summed E-state index contributed by atoms with van der Waals surface area (Å²) in [4.78, 5) is 23.9. The highest BCUT2D eigenvalue weighted by Crippen LogP contribution is 2.14. The molecule has 1 aliphatic rings. The van der Waals surface area contributed by atoms with Gasteiger partial charge < -0.3 is 15.2 Å². The molecular weight excluding hydrogens is 236 g/mol. The van der Waals surface area contributed by atoms with E-state index in [1.807, 2.05) is 13.8 Å². The first-order valence-electron chi connectivity index (χ1n) is 5.93. The van der Waals surface area contributed by atoms with Gasteiger partial charge in [0.05, 0.1) is 13.2 Å². The van der Waals surface area contributed by atoms with E-state index in [0.717, 1.165) is 25.2 Å². The Hall–Kier alpha value is -1.40. The SMILES string of the molecule is CC(C)(CNC(=O)/C=C/C(=O)O)N1CCOCC1. The molecule has 1 fully saturated rings. The summed E-state index contributed by atoms with van der Waals surface area (Å²) < 4.78 is 5.28. The molecule has 102 valence electrons. The van der Waals surface area contributed by atoms with Gasteiger partial charge in [-0.3, -0.25) is 9.69 Å². The van der Waals surface area contributed by atoms with Gasteiger partial charge in [0, 0.05) is 37.3 Å². The van der Waals surface area contributed by atoms with E-state index in [4.69, 9.17) is 9.84 Å². The van der Waals surface area contributed by atoms with Crippen LogP contribution in [0.25, 0.3) is 0 Å². The maximum Gasteiger partial charge on any atom is 0.328 e. The number of aliphatic carboxylic acids is 1. The van der Waals surface area contributed by atoms with Crippen molar-refractivity contribution in [1.82, 2.24) is 10.2 Å². The lowest BCUT2D eigenvalue weighted by molar-refractivity contribution is -0.131. The van der Waals surface area contributed by atoms with E-state index >= 15 is 0 Å². The van der Waals surface area contributed by atoms with E-state index < -0.39 is 11.9 Å². The molecule has 1 amide bonds. The van der Waals surface area contributed by atoms with E-state index in [1.54, 1.807) is 0 Å². The van der Waals surface area contributed by atoms with Gasteiger partial charge in [0.1, 0.15) is 0 Å². The Morgan fingerprint density at radius 3 is 2.50 bits per heavy atom. The van der Waals surface area contributed by atoms with Gasteiger partial charge in [-0.05, 0) is 13.8 Å². The van der Waals surface area contributed by atoms with Crippen LogP contribution in [0.15, 0.2) is 12.2 Å². The number of carbonyl (C=O) groups is 2. The number of ether oxygens (including phenoxy) is 1. The van der Waals surface area contributed by atoms with Crippen LogP contribution in [0.4, 0.5) is 0 Å². The molecule has 1 heterocycles. The molecule has 0 aromatic carbocycles. The number of hydrogen-bond donors (Lipinski definition) is 2. The maximum absolute atomic E-state index is 11.4. The van der Waals surface area contributed by atoms with Gasteiger partial charge in [-0.2, -0.15) is 0 Å². The molecule has 0 radical (unpaired) electrons. The molecular formula is C12H20N2O4. The largest absolute Gasteiger partial charge is 0.478 e. The first kappa shape index (κ1) is 14.7. The predicted molar refractivity (Wildman–Crippen MR) is 66.3 cm³/mol. The van der Waals surface area contributed by atoms with E-state index in [9.17, 15) is 9.59 Å². The Morgan fingerprint density at radius 1 is 1.33 bits per heavy atom. The second kappa shape index (κ2) is 6.51. The molecule has 1 rings (SSSR count). The second-order valence-corrected chi connectivity index (χ2v) is 4.80. The maximum atomic E-state index is 11.4. The fourth-order valence-corrected chi connectivity index (χ4v) is 1.79. The summed E-state index contributed by atoms with van der Waals surface area (Å²) >= 11 is 0. The van der Waals surface area contributed by atoms with Crippen molar-refractivity contribution in [2.45, 2.75) is 19.4 Å². The summed E-state index contributed by atoms with van der Waals surface area (Å²) in [5, 5.41) is 11.1. The molecule has 18 heavy (non-hydrogen) atoms. The molecule has 0 atom stereocenters.